The Kier molecular flexibility index (Phi) is 5.04. The van der Waals surface area contributed by atoms with Gasteiger partial charge in [-0.15, -0.1) is 0 Å². The second-order valence-corrected chi connectivity index (χ2v) is 5.02. The first kappa shape index (κ1) is 14.5. The molecule has 1 aromatic rings. The summed E-state index contributed by atoms with van der Waals surface area (Å²) in [5.74, 6) is -1.34. The Labute approximate surface area is 107 Å². The minimum atomic E-state index is -0.886. The van der Waals surface area contributed by atoms with Crippen molar-refractivity contribution in [2.75, 3.05) is 13.2 Å². The molecule has 0 bridgehead atoms. The summed E-state index contributed by atoms with van der Waals surface area (Å²) in [4.78, 5) is 0. The van der Waals surface area contributed by atoms with E-state index in [-0.39, 0.29) is 29.7 Å². The van der Waals surface area contributed by atoms with Gasteiger partial charge in [0.15, 0.2) is 0 Å². The van der Waals surface area contributed by atoms with Crippen LogP contribution < -0.4 is 0 Å². The molecule has 0 fully saturated rings. The van der Waals surface area contributed by atoms with Gasteiger partial charge in [0.05, 0.1) is 17.7 Å². The van der Waals surface area contributed by atoms with Crippen molar-refractivity contribution < 1.29 is 19.0 Å². The number of hydrogen-bond donors (Lipinski definition) is 2. The van der Waals surface area contributed by atoms with E-state index in [1.54, 1.807) is 6.92 Å². The van der Waals surface area contributed by atoms with E-state index in [1.807, 2.05) is 0 Å². The van der Waals surface area contributed by atoms with Gasteiger partial charge in [0.2, 0.25) is 0 Å². The first-order valence-corrected chi connectivity index (χ1v) is 6.13. The van der Waals surface area contributed by atoms with Crippen LogP contribution in [-0.4, -0.2) is 23.4 Å². The molecule has 1 aromatic carbocycles. The summed E-state index contributed by atoms with van der Waals surface area (Å²) in [5.41, 5.74) is -0.994. The third-order valence-corrected chi connectivity index (χ3v) is 3.72. The van der Waals surface area contributed by atoms with Crippen molar-refractivity contribution in [1.29, 1.82) is 0 Å². The van der Waals surface area contributed by atoms with Gasteiger partial charge in [0.1, 0.15) is 11.6 Å². The molecule has 0 saturated carbocycles. The predicted molar refractivity (Wildman–Crippen MR) is 64.7 cm³/mol. The summed E-state index contributed by atoms with van der Waals surface area (Å²) < 4.78 is 27.5. The molecular weight excluding hydrogens is 294 g/mol. The molecular formula is C12H15BrF2O2. The molecule has 0 aromatic heterocycles. The Balaban J connectivity index is 3.13. The maximum atomic E-state index is 13.8. The van der Waals surface area contributed by atoms with Gasteiger partial charge in [0, 0.05) is 11.0 Å². The molecule has 0 unspecified atom stereocenters. The molecule has 17 heavy (non-hydrogen) atoms. The second kappa shape index (κ2) is 5.89. The molecule has 0 amide bonds. The summed E-state index contributed by atoms with van der Waals surface area (Å²) in [7, 11) is 0. The lowest BCUT2D eigenvalue weighted by Gasteiger charge is -2.28. The van der Waals surface area contributed by atoms with Gasteiger partial charge >= 0.3 is 0 Å². The second-order valence-electron chi connectivity index (χ2n) is 4.17. The lowest BCUT2D eigenvalue weighted by molar-refractivity contribution is 0.0500. The topological polar surface area (TPSA) is 40.5 Å². The zero-order chi connectivity index (χ0) is 13.1. The van der Waals surface area contributed by atoms with Crippen LogP contribution >= 0.6 is 15.9 Å². The summed E-state index contributed by atoms with van der Waals surface area (Å²) in [6.45, 7) is 1.14. The maximum Gasteiger partial charge on any atom is 0.143 e. The minimum absolute atomic E-state index is 0.0341. The number of aliphatic hydroxyl groups is 2. The lowest BCUT2D eigenvalue weighted by Crippen LogP contribution is -2.32. The van der Waals surface area contributed by atoms with Crippen molar-refractivity contribution in [2.45, 2.75) is 19.8 Å². The SMILES string of the molecule is CCC(CO)(CO)Cc1c(F)ccc(Br)c1F. The van der Waals surface area contributed by atoms with Crippen LogP contribution in [0.1, 0.15) is 18.9 Å². The number of rotatable bonds is 5. The van der Waals surface area contributed by atoms with Gasteiger partial charge in [-0.3, -0.25) is 0 Å². The van der Waals surface area contributed by atoms with Gasteiger partial charge < -0.3 is 10.2 Å². The standard InChI is InChI=1S/C12H15BrF2O2/c1-2-12(6-16,7-17)5-8-10(14)4-3-9(13)11(8)15/h3-4,16-17H,2,5-7H2,1H3. The van der Waals surface area contributed by atoms with E-state index in [4.69, 9.17) is 0 Å². The Bertz CT molecular complexity index is 384. The molecule has 2 N–H and O–H groups in total. The molecule has 0 atom stereocenters. The molecule has 0 aliphatic heterocycles. The van der Waals surface area contributed by atoms with Gasteiger partial charge in [-0.1, -0.05) is 6.92 Å². The highest BCUT2D eigenvalue weighted by Gasteiger charge is 2.30. The van der Waals surface area contributed by atoms with E-state index in [0.29, 0.717) is 6.42 Å². The van der Waals surface area contributed by atoms with Crippen LogP contribution in [-0.2, 0) is 6.42 Å². The largest absolute Gasteiger partial charge is 0.396 e. The van der Waals surface area contributed by atoms with Crippen LogP contribution in [0, 0.1) is 17.0 Å². The first-order chi connectivity index (χ1) is 7.99. The van der Waals surface area contributed by atoms with E-state index < -0.39 is 17.0 Å². The molecule has 0 saturated heterocycles. The van der Waals surface area contributed by atoms with E-state index in [0.717, 1.165) is 6.07 Å². The Morgan fingerprint density at radius 1 is 1.24 bits per heavy atom. The average molecular weight is 309 g/mol. The van der Waals surface area contributed by atoms with E-state index in [1.165, 1.54) is 6.07 Å². The predicted octanol–water partition coefficient (Wildman–Crippen LogP) is 2.65. The zero-order valence-electron chi connectivity index (χ0n) is 9.51. The van der Waals surface area contributed by atoms with Crippen molar-refractivity contribution >= 4 is 15.9 Å². The normalized spacial score (nSPS) is 11.9. The van der Waals surface area contributed by atoms with E-state index in [9.17, 15) is 19.0 Å². The van der Waals surface area contributed by atoms with Gasteiger partial charge in [-0.05, 0) is 40.9 Å². The molecule has 5 heteroatoms. The van der Waals surface area contributed by atoms with Gasteiger partial charge in [0.25, 0.3) is 0 Å². The summed E-state index contributed by atoms with van der Waals surface area (Å²) in [5, 5.41) is 18.5. The lowest BCUT2D eigenvalue weighted by atomic mass is 9.80. The van der Waals surface area contributed by atoms with Gasteiger partial charge in [-0.2, -0.15) is 0 Å². The summed E-state index contributed by atoms with van der Waals surface area (Å²) in [6.07, 6.45) is 0.402. The number of aliphatic hydroxyl groups excluding tert-OH is 2. The maximum absolute atomic E-state index is 13.8. The monoisotopic (exact) mass is 308 g/mol. The first-order valence-electron chi connectivity index (χ1n) is 5.33. The van der Waals surface area contributed by atoms with E-state index in [2.05, 4.69) is 15.9 Å². The fourth-order valence-corrected chi connectivity index (χ4v) is 1.99. The third kappa shape index (κ3) is 3.03. The molecule has 2 nitrogen and oxygen atoms in total. The fraction of sp³-hybridized carbons (Fsp3) is 0.500. The quantitative estimate of drug-likeness (QED) is 0.821. The highest BCUT2D eigenvalue weighted by molar-refractivity contribution is 9.10. The van der Waals surface area contributed by atoms with Crippen molar-refractivity contribution in [3.05, 3.63) is 33.8 Å². The molecule has 0 aliphatic carbocycles. The van der Waals surface area contributed by atoms with Crippen molar-refractivity contribution in [3.8, 4) is 0 Å². The molecule has 0 spiro atoms. The minimum Gasteiger partial charge on any atom is -0.396 e. The Morgan fingerprint density at radius 2 is 1.82 bits per heavy atom. The molecule has 96 valence electrons. The van der Waals surface area contributed by atoms with Crippen molar-refractivity contribution in [1.82, 2.24) is 0 Å². The van der Waals surface area contributed by atoms with Crippen LogP contribution in [0.5, 0.6) is 0 Å². The molecule has 0 heterocycles. The molecule has 0 radical (unpaired) electrons. The van der Waals surface area contributed by atoms with Crippen LogP contribution in [0.15, 0.2) is 16.6 Å². The van der Waals surface area contributed by atoms with Crippen LogP contribution in [0.25, 0.3) is 0 Å². The van der Waals surface area contributed by atoms with Crippen LogP contribution in [0.3, 0.4) is 0 Å². The fourth-order valence-electron chi connectivity index (χ4n) is 1.62. The summed E-state index contributed by atoms with van der Waals surface area (Å²) in [6, 6.07) is 2.46. The molecule has 0 aliphatic rings. The van der Waals surface area contributed by atoms with Crippen LogP contribution in [0.4, 0.5) is 8.78 Å². The Hall–Kier alpha value is -0.520. The number of halogens is 3. The average Bonchev–Trinajstić information content (AvgIpc) is 2.36. The third-order valence-electron chi connectivity index (χ3n) is 3.11. The van der Waals surface area contributed by atoms with Crippen LogP contribution in [0.2, 0.25) is 0 Å². The highest BCUT2D eigenvalue weighted by atomic mass is 79.9. The van der Waals surface area contributed by atoms with Gasteiger partial charge in [-0.25, -0.2) is 8.78 Å². The number of hydrogen-bond acceptors (Lipinski definition) is 2. The number of benzene rings is 1. The van der Waals surface area contributed by atoms with Crippen molar-refractivity contribution in [2.24, 2.45) is 5.41 Å². The summed E-state index contributed by atoms with van der Waals surface area (Å²) >= 11 is 2.99. The highest BCUT2D eigenvalue weighted by Crippen LogP contribution is 2.31. The van der Waals surface area contributed by atoms with Crippen molar-refractivity contribution in [3.63, 3.8) is 0 Å². The molecule has 1 rings (SSSR count). The van der Waals surface area contributed by atoms with E-state index >= 15 is 0 Å². The zero-order valence-corrected chi connectivity index (χ0v) is 11.1. The smallest absolute Gasteiger partial charge is 0.143 e. The Morgan fingerprint density at radius 3 is 2.29 bits per heavy atom.